The van der Waals surface area contributed by atoms with E-state index in [2.05, 4.69) is 10.2 Å². The van der Waals surface area contributed by atoms with Crippen molar-refractivity contribution in [3.8, 4) is 0 Å². The Kier molecular flexibility index (Phi) is 7.42. The van der Waals surface area contributed by atoms with E-state index in [1.807, 2.05) is 0 Å². The molecule has 10 heteroatoms. The molecule has 2 fully saturated rings. The van der Waals surface area contributed by atoms with Crippen molar-refractivity contribution in [2.75, 3.05) is 51.8 Å². The number of amides is 2. The van der Waals surface area contributed by atoms with E-state index >= 15 is 0 Å². The summed E-state index contributed by atoms with van der Waals surface area (Å²) in [5.74, 6) is -0.285. The van der Waals surface area contributed by atoms with Gasteiger partial charge in [0, 0.05) is 52.0 Å². The molecule has 0 aromatic heterocycles. The van der Waals surface area contributed by atoms with Crippen LogP contribution in [0.5, 0.6) is 0 Å². The fourth-order valence-electron chi connectivity index (χ4n) is 3.99. The first-order valence-electron chi connectivity index (χ1n) is 10.8. The lowest BCUT2D eigenvalue weighted by Gasteiger charge is -2.32. The summed E-state index contributed by atoms with van der Waals surface area (Å²) in [6, 6.07) is 4.70. The molecule has 31 heavy (non-hydrogen) atoms. The normalized spacial score (nSPS) is 17.8. The lowest BCUT2D eigenvalue weighted by molar-refractivity contribution is 0.0860. The SMILES string of the molecule is CCOC(=O)N1CCC(NC(=O)c2cc(S(=O)(=O)N(C)C)ccc2N2CCCC2)CC1. The van der Waals surface area contributed by atoms with E-state index in [-0.39, 0.29) is 22.9 Å². The lowest BCUT2D eigenvalue weighted by Crippen LogP contribution is -2.46. The van der Waals surface area contributed by atoms with Crippen molar-refractivity contribution in [1.82, 2.24) is 14.5 Å². The van der Waals surface area contributed by atoms with E-state index in [9.17, 15) is 18.0 Å². The lowest BCUT2D eigenvalue weighted by atomic mass is 10.0. The summed E-state index contributed by atoms with van der Waals surface area (Å²) in [5.41, 5.74) is 1.13. The van der Waals surface area contributed by atoms with Crippen LogP contribution in [0.4, 0.5) is 10.5 Å². The number of piperidine rings is 1. The highest BCUT2D eigenvalue weighted by molar-refractivity contribution is 7.89. The van der Waals surface area contributed by atoms with Crippen LogP contribution in [-0.2, 0) is 14.8 Å². The number of benzene rings is 1. The Labute approximate surface area is 184 Å². The molecule has 0 spiro atoms. The number of carbonyl (C=O) groups is 2. The van der Waals surface area contributed by atoms with Gasteiger partial charge in [0.05, 0.1) is 17.1 Å². The molecule has 1 aromatic rings. The van der Waals surface area contributed by atoms with Crippen LogP contribution in [0.3, 0.4) is 0 Å². The molecule has 1 aromatic carbocycles. The number of likely N-dealkylation sites (tertiary alicyclic amines) is 1. The Bertz CT molecular complexity index is 904. The molecule has 0 aliphatic carbocycles. The Balaban J connectivity index is 1.78. The summed E-state index contributed by atoms with van der Waals surface area (Å²) in [5, 5.41) is 3.05. The number of hydrogen-bond donors (Lipinski definition) is 1. The first-order valence-corrected chi connectivity index (χ1v) is 12.2. The van der Waals surface area contributed by atoms with E-state index < -0.39 is 10.0 Å². The predicted molar refractivity (Wildman–Crippen MR) is 118 cm³/mol. The maximum atomic E-state index is 13.2. The number of anilines is 1. The second-order valence-corrected chi connectivity index (χ2v) is 10.2. The Hall–Kier alpha value is -2.33. The van der Waals surface area contributed by atoms with Gasteiger partial charge in [-0.2, -0.15) is 0 Å². The largest absolute Gasteiger partial charge is 0.450 e. The van der Waals surface area contributed by atoms with Gasteiger partial charge in [-0.15, -0.1) is 0 Å². The average Bonchev–Trinajstić information content (AvgIpc) is 3.28. The van der Waals surface area contributed by atoms with Crippen molar-refractivity contribution in [2.45, 2.75) is 43.5 Å². The van der Waals surface area contributed by atoms with E-state index in [1.54, 1.807) is 24.0 Å². The van der Waals surface area contributed by atoms with Gasteiger partial charge in [0.25, 0.3) is 5.91 Å². The van der Waals surface area contributed by atoms with E-state index in [1.165, 1.54) is 20.2 Å². The highest BCUT2D eigenvalue weighted by atomic mass is 32.2. The van der Waals surface area contributed by atoms with E-state index in [0.717, 1.165) is 35.9 Å². The first-order chi connectivity index (χ1) is 14.7. The van der Waals surface area contributed by atoms with Gasteiger partial charge in [0.1, 0.15) is 0 Å². The summed E-state index contributed by atoms with van der Waals surface area (Å²) in [6.45, 7) is 4.82. The van der Waals surface area contributed by atoms with Crippen molar-refractivity contribution >= 4 is 27.7 Å². The number of rotatable bonds is 6. The second-order valence-electron chi connectivity index (χ2n) is 8.09. The molecule has 2 aliphatic heterocycles. The molecule has 0 saturated carbocycles. The Morgan fingerprint density at radius 2 is 1.77 bits per heavy atom. The smallest absolute Gasteiger partial charge is 0.409 e. The van der Waals surface area contributed by atoms with Gasteiger partial charge in [0.15, 0.2) is 0 Å². The average molecular weight is 453 g/mol. The molecule has 0 atom stereocenters. The summed E-state index contributed by atoms with van der Waals surface area (Å²) >= 11 is 0. The molecule has 172 valence electrons. The number of hydrogen-bond acceptors (Lipinski definition) is 6. The minimum atomic E-state index is -3.65. The highest BCUT2D eigenvalue weighted by Crippen LogP contribution is 2.28. The topological polar surface area (TPSA) is 99.3 Å². The third-order valence-electron chi connectivity index (χ3n) is 5.79. The summed E-state index contributed by atoms with van der Waals surface area (Å²) in [6.07, 6.45) is 3.01. The third-order valence-corrected chi connectivity index (χ3v) is 7.61. The fraction of sp³-hybridized carbons (Fsp3) is 0.619. The number of nitrogens with zero attached hydrogens (tertiary/aromatic N) is 3. The first kappa shape index (κ1) is 23.3. The van der Waals surface area contributed by atoms with Crippen molar-refractivity contribution in [1.29, 1.82) is 0 Å². The van der Waals surface area contributed by atoms with E-state index in [4.69, 9.17) is 4.74 Å². The summed E-state index contributed by atoms with van der Waals surface area (Å²) in [7, 11) is -0.706. The van der Waals surface area contributed by atoms with Crippen molar-refractivity contribution in [2.24, 2.45) is 0 Å². The molecule has 2 saturated heterocycles. The van der Waals surface area contributed by atoms with Gasteiger partial charge < -0.3 is 19.9 Å². The fourth-order valence-corrected chi connectivity index (χ4v) is 4.91. The van der Waals surface area contributed by atoms with Crippen LogP contribution in [0.25, 0.3) is 0 Å². The van der Waals surface area contributed by atoms with Crippen LogP contribution in [0.2, 0.25) is 0 Å². The molecule has 2 heterocycles. The maximum absolute atomic E-state index is 13.2. The number of ether oxygens (including phenoxy) is 1. The van der Waals surface area contributed by atoms with Gasteiger partial charge in [-0.3, -0.25) is 4.79 Å². The molecular weight excluding hydrogens is 420 g/mol. The maximum Gasteiger partial charge on any atom is 0.409 e. The summed E-state index contributed by atoms with van der Waals surface area (Å²) in [4.78, 5) is 29.0. The van der Waals surface area contributed by atoms with Gasteiger partial charge in [-0.1, -0.05) is 0 Å². The van der Waals surface area contributed by atoms with Crippen molar-refractivity contribution < 1.29 is 22.7 Å². The van der Waals surface area contributed by atoms with Gasteiger partial charge in [-0.05, 0) is 50.8 Å². The van der Waals surface area contributed by atoms with Crippen LogP contribution in [-0.4, -0.2) is 82.5 Å². The minimum absolute atomic E-state index is 0.0845. The molecule has 2 aliphatic rings. The number of carbonyl (C=O) groups excluding carboxylic acids is 2. The molecule has 0 unspecified atom stereocenters. The molecular formula is C21H32N4O5S. The zero-order valence-electron chi connectivity index (χ0n) is 18.5. The van der Waals surface area contributed by atoms with Crippen LogP contribution in [0.15, 0.2) is 23.1 Å². The van der Waals surface area contributed by atoms with Gasteiger partial charge in [-0.25, -0.2) is 17.5 Å². The van der Waals surface area contributed by atoms with Crippen LogP contribution in [0, 0.1) is 0 Å². The standard InChI is InChI=1S/C21H32N4O5S/c1-4-30-21(27)25-13-9-16(10-14-25)22-20(26)18-15-17(31(28,29)23(2)3)7-8-19(18)24-11-5-6-12-24/h7-8,15-16H,4-6,9-14H2,1-3H3,(H,22,26). The van der Waals surface area contributed by atoms with Crippen molar-refractivity contribution in [3.63, 3.8) is 0 Å². The Morgan fingerprint density at radius 3 is 2.35 bits per heavy atom. The highest BCUT2D eigenvalue weighted by Gasteiger charge is 2.28. The quantitative estimate of drug-likeness (QED) is 0.708. The second kappa shape index (κ2) is 9.86. The Morgan fingerprint density at radius 1 is 1.13 bits per heavy atom. The number of nitrogens with one attached hydrogen (secondary N) is 1. The van der Waals surface area contributed by atoms with Crippen LogP contribution >= 0.6 is 0 Å². The van der Waals surface area contributed by atoms with Crippen molar-refractivity contribution in [3.05, 3.63) is 23.8 Å². The van der Waals surface area contributed by atoms with Gasteiger partial charge >= 0.3 is 6.09 Å². The van der Waals surface area contributed by atoms with E-state index in [0.29, 0.717) is 38.1 Å². The van der Waals surface area contributed by atoms with Crippen LogP contribution < -0.4 is 10.2 Å². The third kappa shape index (κ3) is 5.30. The van der Waals surface area contributed by atoms with Gasteiger partial charge in [0.2, 0.25) is 10.0 Å². The molecule has 9 nitrogen and oxygen atoms in total. The monoisotopic (exact) mass is 452 g/mol. The zero-order valence-corrected chi connectivity index (χ0v) is 19.3. The zero-order chi connectivity index (χ0) is 22.6. The minimum Gasteiger partial charge on any atom is -0.450 e. The summed E-state index contributed by atoms with van der Waals surface area (Å²) < 4.78 is 31.4. The number of sulfonamides is 1. The molecule has 2 amide bonds. The molecule has 0 radical (unpaired) electrons. The van der Waals surface area contributed by atoms with Crippen LogP contribution in [0.1, 0.15) is 43.0 Å². The molecule has 0 bridgehead atoms. The predicted octanol–water partition coefficient (Wildman–Crippen LogP) is 1.89. The molecule has 1 N–H and O–H groups in total. The molecule has 3 rings (SSSR count).